The van der Waals surface area contributed by atoms with Crippen LogP contribution in [0, 0.1) is 0 Å². The number of fused-ring (bicyclic) bond motifs is 1. The van der Waals surface area contributed by atoms with Crippen LogP contribution < -0.4 is 5.46 Å². The van der Waals surface area contributed by atoms with Gasteiger partial charge in [0.1, 0.15) is 11.3 Å². The summed E-state index contributed by atoms with van der Waals surface area (Å²) in [5, 5.41) is 9.53. The van der Waals surface area contributed by atoms with Crippen LogP contribution in [0.3, 0.4) is 0 Å². The minimum Gasteiger partial charge on any atom is -0.464 e. The lowest BCUT2D eigenvalue weighted by Gasteiger charge is -2.32. The van der Waals surface area contributed by atoms with E-state index >= 15 is 0 Å². The van der Waals surface area contributed by atoms with Crippen LogP contribution in [-0.2, 0) is 15.5 Å². The number of aromatic nitrogens is 2. The van der Waals surface area contributed by atoms with Crippen LogP contribution >= 0.6 is 0 Å². The Morgan fingerprint density at radius 2 is 1.76 bits per heavy atom. The Labute approximate surface area is 141 Å². The smallest absolute Gasteiger partial charge is 0.464 e. The van der Waals surface area contributed by atoms with E-state index < -0.39 is 36.3 Å². The predicted octanol–water partition coefficient (Wildman–Crippen LogP) is 2.88. The Bertz CT molecular complexity index is 844. The maximum atomic E-state index is 12.9. The molecule has 0 unspecified atom stereocenters. The largest absolute Gasteiger partial charge is 0.497 e. The summed E-state index contributed by atoms with van der Waals surface area (Å²) in [6, 6.07) is 1.99. The van der Waals surface area contributed by atoms with Crippen molar-refractivity contribution in [3.63, 3.8) is 0 Å². The fourth-order valence-electron chi connectivity index (χ4n) is 2.59. The highest BCUT2D eigenvalue weighted by molar-refractivity contribution is 6.65. The Morgan fingerprint density at radius 1 is 1.20 bits per heavy atom. The molecule has 134 valence electrons. The monoisotopic (exact) mass is 356 g/mol. The van der Waals surface area contributed by atoms with E-state index in [9.17, 15) is 23.1 Å². The molecule has 0 atom stereocenters. The number of hydrogen-bond donors (Lipinski definition) is 1. The Balaban J connectivity index is 2.16. The number of nitrogens with zero attached hydrogens (tertiary/aromatic N) is 2. The van der Waals surface area contributed by atoms with Gasteiger partial charge in [-0.25, -0.2) is 14.3 Å². The minimum atomic E-state index is -4.67. The minimum absolute atomic E-state index is 0.230. The van der Waals surface area contributed by atoms with Gasteiger partial charge in [-0.3, -0.25) is 0 Å². The van der Waals surface area contributed by atoms with Crippen LogP contribution in [0.2, 0.25) is 0 Å². The van der Waals surface area contributed by atoms with Crippen molar-refractivity contribution >= 4 is 29.7 Å². The number of hydrogen-bond acceptors (Lipinski definition) is 4. The first kappa shape index (κ1) is 17.7. The van der Waals surface area contributed by atoms with Crippen molar-refractivity contribution in [2.24, 2.45) is 0 Å². The SMILES string of the molecule is CC1(C)OB(c2cn(C(=O)O)c3nc(C(F)(F)F)ccc23)OC1(C)C. The molecule has 2 aromatic rings. The van der Waals surface area contributed by atoms with E-state index in [4.69, 9.17) is 9.31 Å². The molecule has 0 aromatic carbocycles. The molecule has 1 N–H and O–H groups in total. The van der Waals surface area contributed by atoms with Crippen molar-refractivity contribution in [2.45, 2.75) is 45.1 Å². The summed E-state index contributed by atoms with van der Waals surface area (Å²) in [4.78, 5) is 14.9. The highest BCUT2D eigenvalue weighted by Gasteiger charge is 2.52. The molecule has 0 amide bonds. The molecule has 0 aliphatic carbocycles. The summed E-state index contributed by atoms with van der Waals surface area (Å²) >= 11 is 0. The van der Waals surface area contributed by atoms with E-state index in [1.807, 2.05) is 27.7 Å². The molecule has 1 fully saturated rings. The Morgan fingerprint density at radius 3 is 2.24 bits per heavy atom. The predicted molar refractivity (Wildman–Crippen MR) is 83.9 cm³/mol. The van der Waals surface area contributed by atoms with Crippen molar-refractivity contribution in [2.75, 3.05) is 0 Å². The summed E-state index contributed by atoms with van der Waals surface area (Å²) in [5.41, 5.74) is -2.51. The van der Waals surface area contributed by atoms with Gasteiger partial charge < -0.3 is 14.4 Å². The molecular weight excluding hydrogens is 340 g/mol. The van der Waals surface area contributed by atoms with Gasteiger partial charge in [0, 0.05) is 17.0 Å². The van der Waals surface area contributed by atoms with Crippen LogP contribution in [0.1, 0.15) is 33.4 Å². The fourth-order valence-corrected chi connectivity index (χ4v) is 2.59. The van der Waals surface area contributed by atoms with Crippen LogP contribution in [0.4, 0.5) is 18.0 Å². The van der Waals surface area contributed by atoms with Crippen LogP contribution in [0.15, 0.2) is 18.3 Å². The molecule has 0 saturated carbocycles. The average molecular weight is 356 g/mol. The summed E-state index contributed by atoms with van der Waals surface area (Å²) in [7, 11) is -0.911. The van der Waals surface area contributed by atoms with Crippen molar-refractivity contribution in [3.05, 3.63) is 24.0 Å². The highest BCUT2D eigenvalue weighted by atomic mass is 19.4. The van der Waals surface area contributed by atoms with Crippen LogP contribution in [0.25, 0.3) is 11.0 Å². The molecule has 3 heterocycles. The quantitative estimate of drug-likeness (QED) is 0.796. The number of alkyl halides is 3. The van der Waals surface area contributed by atoms with Gasteiger partial charge in [0.25, 0.3) is 0 Å². The second kappa shape index (κ2) is 5.22. The van der Waals surface area contributed by atoms with Crippen molar-refractivity contribution in [3.8, 4) is 0 Å². The standard InChI is InChI=1S/C15H16BF3N2O4/c1-13(2)14(3,4)25-16(24-13)9-7-21(12(22)23)11-8(9)5-6-10(20-11)15(17,18)19/h5-7H,1-4H3,(H,22,23). The summed E-state index contributed by atoms with van der Waals surface area (Å²) < 4.78 is 51.1. The second-order valence-corrected chi connectivity index (χ2v) is 6.89. The summed E-state index contributed by atoms with van der Waals surface area (Å²) in [6.45, 7) is 7.29. The summed E-state index contributed by atoms with van der Waals surface area (Å²) in [5.74, 6) is 0. The van der Waals surface area contributed by atoms with Gasteiger partial charge in [-0.05, 0) is 39.8 Å². The van der Waals surface area contributed by atoms with E-state index in [-0.39, 0.29) is 11.0 Å². The highest BCUT2D eigenvalue weighted by Crippen LogP contribution is 2.37. The van der Waals surface area contributed by atoms with Gasteiger partial charge in [-0.2, -0.15) is 13.2 Å². The van der Waals surface area contributed by atoms with E-state index in [1.165, 1.54) is 12.3 Å². The normalized spacial score (nSPS) is 19.6. The molecule has 1 saturated heterocycles. The number of carbonyl (C=O) groups is 1. The lowest BCUT2D eigenvalue weighted by atomic mass is 9.79. The number of pyridine rings is 1. The van der Waals surface area contributed by atoms with E-state index in [0.717, 1.165) is 6.07 Å². The first-order valence-corrected chi connectivity index (χ1v) is 7.51. The third-order valence-electron chi connectivity index (χ3n) is 4.69. The molecule has 3 rings (SSSR count). The maximum absolute atomic E-state index is 12.9. The zero-order chi connectivity index (χ0) is 18.8. The third kappa shape index (κ3) is 2.79. The molecule has 1 aliphatic rings. The van der Waals surface area contributed by atoms with Crippen molar-refractivity contribution in [1.82, 2.24) is 9.55 Å². The molecular formula is C15H16BF3N2O4. The first-order valence-electron chi connectivity index (χ1n) is 7.51. The molecule has 10 heteroatoms. The maximum Gasteiger partial charge on any atom is 0.497 e. The van der Waals surface area contributed by atoms with Crippen LogP contribution in [0.5, 0.6) is 0 Å². The van der Waals surface area contributed by atoms with Crippen molar-refractivity contribution < 1.29 is 32.4 Å². The number of carboxylic acid groups (broad SMARTS) is 1. The van der Waals surface area contributed by atoms with Gasteiger partial charge in [-0.15, -0.1) is 0 Å². The molecule has 0 spiro atoms. The molecule has 6 nitrogen and oxygen atoms in total. The molecule has 1 aliphatic heterocycles. The molecule has 2 aromatic heterocycles. The lowest BCUT2D eigenvalue weighted by molar-refractivity contribution is -0.141. The van der Waals surface area contributed by atoms with Gasteiger partial charge in [-0.1, -0.05) is 0 Å². The molecule has 0 radical (unpaired) electrons. The molecule has 25 heavy (non-hydrogen) atoms. The zero-order valence-corrected chi connectivity index (χ0v) is 14.0. The lowest BCUT2D eigenvalue weighted by Crippen LogP contribution is -2.41. The average Bonchev–Trinajstić information content (AvgIpc) is 2.92. The van der Waals surface area contributed by atoms with Gasteiger partial charge in [0.2, 0.25) is 0 Å². The topological polar surface area (TPSA) is 73.6 Å². The fraction of sp³-hybridized carbons (Fsp3) is 0.467. The molecule has 0 bridgehead atoms. The second-order valence-electron chi connectivity index (χ2n) is 6.89. The van der Waals surface area contributed by atoms with E-state index in [0.29, 0.717) is 10.0 Å². The first-order chi connectivity index (χ1) is 11.3. The Hall–Kier alpha value is -2.07. The van der Waals surface area contributed by atoms with Gasteiger partial charge >= 0.3 is 19.4 Å². The van der Waals surface area contributed by atoms with Gasteiger partial charge in [0.05, 0.1) is 11.2 Å². The van der Waals surface area contributed by atoms with Gasteiger partial charge in [0.15, 0.2) is 0 Å². The summed E-state index contributed by atoms with van der Waals surface area (Å²) in [6.07, 6.45) is -4.94. The third-order valence-corrected chi connectivity index (χ3v) is 4.69. The Kier molecular flexibility index (Phi) is 3.70. The van der Waals surface area contributed by atoms with E-state index in [2.05, 4.69) is 4.98 Å². The number of rotatable bonds is 1. The number of halogens is 3. The van der Waals surface area contributed by atoms with Crippen LogP contribution in [-0.4, -0.2) is 39.1 Å². The zero-order valence-electron chi connectivity index (χ0n) is 14.0. The van der Waals surface area contributed by atoms with Crippen molar-refractivity contribution in [1.29, 1.82) is 0 Å². The van der Waals surface area contributed by atoms with E-state index in [1.54, 1.807) is 0 Å².